The van der Waals surface area contributed by atoms with E-state index >= 15 is 0 Å². The predicted octanol–water partition coefficient (Wildman–Crippen LogP) is 2.04. The Labute approximate surface area is 107 Å². The van der Waals surface area contributed by atoms with E-state index in [9.17, 15) is 13.6 Å². The molecule has 3 atom stereocenters. The van der Waals surface area contributed by atoms with Crippen molar-refractivity contribution < 1.29 is 13.6 Å². The van der Waals surface area contributed by atoms with Gasteiger partial charge in [0.25, 0.3) is 0 Å². The van der Waals surface area contributed by atoms with Crippen molar-refractivity contribution in [3.05, 3.63) is 23.8 Å². The number of alkyl halides is 2. The van der Waals surface area contributed by atoms with Crippen LogP contribution in [0.1, 0.15) is 27.2 Å². The molecule has 0 heterocycles. The smallest absolute Gasteiger partial charge is 0.223 e. The number of nitrogens with two attached hydrogens (primary N) is 1. The molecule has 0 rings (SSSR count). The van der Waals surface area contributed by atoms with Crippen LogP contribution in [0.25, 0.3) is 0 Å². The van der Waals surface area contributed by atoms with Crippen molar-refractivity contribution in [1.29, 1.82) is 0 Å². The molecule has 0 bridgehead atoms. The van der Waals surface area contributed by atoms with E-state index in [4.69, 9.17) is 5.73 Å². The van der Waals surface area contributed by atoms with E-state index in [1.165, 1.54) is 13.0 Å². The number of nitrogens with one attached hydrogen (secondary N) is 1. The van der Waals surface area contributed by atoms with Gasteiger partial charge in [-0.15, -0.1) is 0 Å². The first-order chi connectivity index (χ1) is 8.42. The summed E-state index contributed by atoms with van der Waals surface area (Å²) in [5.41, 5.74) is 6.12. The van der Waals surface area contributed by atoms with Gasteiger partial charge in [-0.3, -0.25) is 4.79 Å². The van der Waals surface area contributed by atoms with Gasteiger partial charge in [0.15, 0.2) is 0 Å². The number of hydrogen-bond donors (Lipinski definition) is 2. The topological polar surface area (TPSA) is 55.1 Å². The Morgan fingerprint density at radius 3 is 2.50 bits per heavy atom. The van der Waals surface area contributed by atoms with Crippen LogP contribution in [-0.2, 0) is 4.79 Å². The summed E-state index contributed by atoms with van der Waals surface area (Å²) in [7, 11) is 0. The molecule has 0 aliphatic heterocycles. The van der Waals surface area contributed by atoms with E-state index in [0.717, 1.165) is 5.57 Å². The average Bonchev–Trinajstić information content (AvgIpc) is 2.29. The molecule has 3 N–H and O–H groups in total. The molecule has 0 radical (unpaired) electrons. The lowest BCUT2D eigenvalue weighted by atomic mass is 10.1. The fraction of sp³-hybridized carbons (Fsp3) is 0.615. The third kappa shape index (κ3) is 6.49. The second-order valence-electron chi connectivity index (χ2n) is 4.21. The van der Waals surface area contributed by atoms with Crippen LogP contribution in [-0.4, -0.2) is 30.8 Å². The van der Waals surface area contributed by atoms with Crippen molar-refractivity contribution in [1.82, 2.24) is 5.32 Å². The first-order valence-electron chi connectivity index (χ1n) is 6.00. The van der Waals surface area contributed by atoms with Crippen LogP contribution in [0.5, 0.6) is 0 Å². The molecule has 0 fully saturated rings. The third-order valence-corrected chi connectivity index (χ3v) is 2.56. The Balaban J connectivity index is 4.33. The van der Waals surface area contributed by atoms with Gasteiger partial charge in [-0.25, -0.2) is 8.78 Å². The van der Waals surface area contributed by atoms with Gasteiger partial charge in [-0.05, 0) is 26.3 Å². The lowest BCUT2D eigenvalue weighted by Crippen LogP contribution is -2.38. The van der Waals surface area contributed by atoms with E-state index in [-0.39, 0.29) is 12.5 Å². The van der Waals surface area contributed by atoms with Crippen LogP contribution in [0.2, 0.25) is 0 Å². The molecule has 0 aliphatic carbocycles. The zero-order valence-electron chi connectivity index (χ0n) is 11.1. The van der Waals surface area contributed by atoms with Gasteiger partial charge < -0.3 is 11.1 Å². The van der Waals surface area contributed by atoms with Crippen molar-refractivity contribution in [2.45, 2.75) is 45.4 Å². The number of rotatable bonds is 7. The number of amides is 1. The third-order valence-electron chi connectivity index (χ3n) is 2.56. The summed E-state index contributed by atoms with van der Waals surface area (Å²) in [6.07, 6.45) is 3.12. The Bertz CT molecular complexity index is 314. The predicted molar refractivity (Wildman–Crippen MR) is 69.6 cm³/mol. The zero-order chi connectivity index (χ0) is 14.1. The minimum atomic E-state index is -1.35. The van der Waals surface area contributed by atoms with Crippen LogP contribution < -0.4 is 11.1 Å². The minimum absolute atomic E-state index is 0.258. The van der Waals surface area contributed by atoms with Gasteiger partial charge >= 0.3 is 0 Å². The Morgan fingerprint density at radius 2 is 2.06 bits per heavy atom. The van der Waals surface area contributed by atoms with Crippen molar-refractivity contribution in [3.63, 3.8) is 0 Å². The minimum Gasteiger partial charge on any atom is -0.350 e. The average molecular weight is 260 g/mol. The van der Waals surface area contributed by atoms with Crippen molar-refractivity contribution in [3.8, 4) is 0 Å². The van der Waals surface area contributed by atoms with E-state index < -0.39 is 24.8 Å². The molecule has 0 saturated carbocycles. The van der Waals surface area contributed by atoms with E-state index in [2.05, 4.69) is 5.32 Å². The lowest BCUT2D eigenvalue weighted by Gasteiger charge is -2.17. The molecule has 18 heavy (non-hydrogen) atoms. The highest BCUT2D eigenvalue weighted by Gasteiger charge is 2.18. The van der Waals surface area contributed by atoms with Crippen LogP contribution >= 0.6 is 0 Å². The summed E-state index contributed by atoms with van der Waals surface area (Å²) in [6.45, 7) is 4.51. The normalized spacial score (nSPS) is 17.6. The molecule has 0 aromatic rings. The highest BCUT2D eigenvalue weighted by molar-refractivity contribution is 5.77. The summed E-state index contributed by atoms with van der Waals surface area (Å²) >= 11 is 0. The summed E-state index contributed by atoms with van der Waals surface area (Å²) in [6, 6.07) is -0.954. The van der Waals surface area contributed by atoms with E-state index in [0.29, 0.717) is 0 Å². The van der Waals surface area contributed by atoms with Gasteiger partial charge in [0, 0.05) is 6.04 Å². The van der Waals surface area contributed by atoms with Crippen LogP contribution in [0, 0.1) is 0 Å². The van der Waals surface area contributed by atoms with Crippen molar-refractivity contribution in [2.75, 3.05) is 6.67 Å². The fourth-order valence-electron chi connectivity index (χ4n) is 1.42. The van der Waals surface area contributed by atoms with Gasteiger partial charge in [-0.2, -0.15) is 0 Å². The monoisotopic (exact) mass is 260 g/mol. The maximum atomic E-state index is 13.2. The number of carbonyl (C=O) groups is 1. The molecule has 0 aromatic carbocycles. The number of hydrogen-bond acceptors (Lipinski definition) is 2. The van der Waals surface area contributed by atoms with Gasteiger partial charge in [0.1, 0.15) is 12.8 Å². The Kier molecular flexibility index (Phi) is 8.20. The maximum Gasteiger partial charge on any atom is 0.223 e. The summed E-state index contributed by atoms with van der Waals surface area (Å²) < 4.78 is 25.3. The standard InChI is InChI=1S/C13H22F2N2O/c1-4-11(6-5-7-14)10(3)17-13(18)8-12(15)9(2)16/h4-6,9-10,12H,7-8,16H2,1-3H3,(H,17,18)/b6-5-,11-4+/t9?,10-,12-/m0/s1. The molecule has 1 amide bonds. The highest BCUT2D eigenvalue weighted by Crippen LogP contribution is 2.07. The van der Waals surface area contributed by atoms with Crippen LogP contribution in [0.15, 0.2) is 23.8 Å². The SMILES string of the molecule is C/C=C(\C=C/CF)[C@H](C)NC(=O)C[C@H](F)C(C)N. The molecular formula is C13H22F2N2O. The first kappa shape index (κ1) is 16.8. The molecule has 104 valence electrons. The largest absolute Gasteiger partial charge is 0.350 e. The zero-order valence-corrected chi connectivity index (χ0v) is 11.1. The molecule has 0 aromatic heterocycles. The molecule has 0 saturated heterocycles. The molecule has 5 heteroatoms. The van der Waals surface area contributed by atoms with Gasteiger partial charge in [-0.1, -0.05) is 18.2 Å². The quantitative estimate of drug-likeness (QED) is 0.688. The fourth-order valence-corrected chi connectivity index (χ4v) is 1.42. The van der Waals surface area contributed by atoms with Crippen LogP contribution in [0.3, 0.4) is 0 Å². The molecule has 1 unspecified atom stereocenters. The van der Waals surface area contributed by atoms with Gasteiger partial charge in [0.05, 0.1) is 12.5 Å². The number of allylic oxidation sites excluding steroid dienone is 2. The van der Waals surface area contributed by atoms with Crippen molar-refractivity contribution in [2.24, 2.45) is 5.73 Å². The van der Waals surface area contributed by atoms with Crippen LogP contribution in [0.4, 0.5) is 8.78 Å². The first-order valence-corrected chi connectivity index (χ1v) is 6.00. The van der Waals surface area contributed by atoms with E-state index in [1.807, 2.05) is 0 Å². The second kappa shape index (κ2) is 8.80. The molecule has 3 nitrogen and oxygen atoms in total. The second-order valence-corrected chi connectivity index (χ2v) is 4.21. The Hall–Kier alpha value is -1.23. The Morgan fingerprint density at radius 1 is 1.44 bits per heavy atom. The van der Waals surface area contributed by atoms with E-state index in [1.54, 1.807) is 26.0 Å². The maximum absolute atomic E-state index is 13.2. The lowest BCUT2D eigenvalue weighted by molar-refractivity contribution is -0.122. The number of halogens is 2. The number of carbonyl (C=O) groups excluding carboxylic acids is 1. The van der Waals surface area contributed by atoms with Gasteiger partial charge in [0.2, 0.25) is 5.91 Å². The molecule has 0 aliphatic rings. The highest BCUT2D eigenvalue weighted by atomic mass is 19.1. The van der Waals surface area contributed by atoms with Crippen molar-refractivity contribution >= 4 is 5.91 Å². The summed E-state index contributed by atoms with van der Waals surface area (Å²) in [4.78, 5) is 11.5. The summed E-state index contributed by atoms with van der Waals surface area (Å²) in [5, 5.41) is 2.65. The summed E-state index contributed by atoms with van der Waals surface area (Å²) in [5.74, 6) is -0.403. The molecule has 0 spiro atoms. The molecular weight excluding hydrogens is 238 g/mol.